The second-order valence-corrected chi connectivity index (χ2v) is 7.45. The number of hydrogen-bond donors (Lipinski definition) is 3. The molecule has 5 heteroatoms. The van der Waals surface area contributed by atoms with Crippen molar-refractivity contribution >= 4 is 16.8 Å². The van der Waals surface area contributed by atoms with E-state index in [1.807, 2.05) is 30.5 Å². The average Bonchev–Trinajstić information content (AvgIpc) is 3.11. The number of fused-ring (bicyclic) bond motifs is 1. The summed E-state index contributed by atoms with van der Waals surface area (Å²) in [6.07, 6.45) is 8.01. The number of benzene rings is 1. The monoisotopic (exact) mass is 341 g/mol. The fourth-order valence-corrected chi connectivity index (χ4v) is 4.44. The topological polar surface area (TPSA) is 68.4 Å². The summed E-state index contributed by atoms with van der Waals surface area (Å²) < 4.78 is 0. The molecule has 1 saturated carbocycles. The summed E-state index contributed by atoms with van der Waals surface area (Å²) in [4.78, 5) is 18.3. The molecule has 2 heterocycles. The number of aliphatic hydroxyl groups is 1. The lowest BCUT2D eigenvalue weighted by atomic mass is 9.89. The summed E-state index contributed by atoms with van der Waals surface area (Å²) >= 11 is 0. The van der Waals surface area contributed by atoms with E-state index in [1.165, 1.54) is 6.42 Å². The van der Waals surface area contributed by atoms with Crippen molar-refractivity contribution < 1.29 is 9.90 Å². The molecule has 1 saturated heterocycles. The largest absolute Gasteiger partial charge is 0.391 e. The maximum atomic E-state index is 12.7. The molecular formula is C20H27N3O2. The number of nitrogens with one attached hydrogen (secondary N) is 2. The summed E-state index contributed by atoms with van der Waals surface area (Å²) in [5.41, 5.74) is 1.73. The normalized spacial score (nSPS) is 26.0. The molecular weight excluding hydrogens is 314 g/mol. The van der Waals surface area contributed by atoms with Crippen molar-refractivity contribution in [2.75, 3.05) is 13.1 Å². The van der Waals surface area contributed by atoms with Crippen LogP contribution in [0.4, 0.5) is 0 Å². The van der Waals surface area contributed by atoms with E-state index in [9.17, 15) is 9.90 Å². The van der Waals surface area contributed by atoms with Crippen LogP contribution in [0.2, 0.25) is 0 Å². The van der Waals surface area contributed by atoms with Crippen LogP contribution in [-0.2, 0) is 0 Å². The summed E-state index contributed by atoms with van der Waals surface area (Å²) in [5, 5.41) is 14.4. The Labute approximate surface area is 148 Å². The van der Waals surface area contributed by atoms with Crippen LogP contribution in [0, 0.1) is 0 Å². The highest BCUT2D eigenvalue weighted by atomic mass is 16.3. The van der Waals surface area contributed by atoms with Gasteiger partial charge in [0.25, 0.3) is 5.91 Å². The van der Waals surface area contributed by atoms with Crippen molar-refractivity contribution in [3.05, 3.63) is 36.0 Å². The number of amides is 1. The number of hydrogen-bond acceptors (Lipinski definition) is 3. The fourth-order valence-electron chi connectivity index (χ4n) is 4.44. The zero-order valence-corrected chi connectivity index (χ0v) is 14.6. The van der Waals surface area contributed by atoms with E-state index in [1.54, 1.807) is 0 Å². The Morgan fingerprint density at radius 2 is 1.92 bits per heavy atom. The van der Waals surface area contributed by atoms with Crippen LogP contribution in [0.1, 0.15) is 48.9 Å². The molecule has 2 unspecified atom stereocenters. The summed E-state index contributed by atoms with van der Waals surface area (Å²) in [5.74, 6) is 0.0151. The third-order valence-electron chi connectivity index (χ3n) is 5.87. The molecule has 0 radical (unpaired) electrons. The fraction of sp³-hybridized carbons (Fsp3) is 0.550. The third kappa shape index (κ3) is 3.44. The van der Waals surface area contributed by atoms with Crippen LogP contribution >= 0.6 is 0 Å². The molecule has 4 rings (SSSR count). The summed E-state index contributed by atoms with van der Waals surface area (Å²) in [6.45, 7) is 1.92. The number of carbonyl (C=O) groups excluding carboxylic acids is 1. The van der Waals surface area contributed by atoms with Gasteiger partial charge in [-0.05, 0) is 43.9 Å². The van der Waals surface area contributed by atoms with E-state index in [2.05, 4.69) is 15.2 Å². The van der Waals surface area contributed by atoms with E-state index in [0.717, 1.165) is 61.7 Å². The average molecular weight is 341 g/mol. The zero-order valence-electron chi connectivity index (χ0n) is 14.6. The first-order chi connectivity index (χ1) is 12.2. The van der Waals surface area contributed by atoms with Gasteiger partial charge in [0, 0.05) is 47.8 Å². The number of aliphatic hydroxyl groups excluding tert-OH is 1. The molecule has 1 aromatic heterocycles. The Balaban J connectivity index is 1.35. The molecule has 2 atom stereocenters. The number of nitrogens with zero attached hydrogens (tertiary/aromatic N) is 1. The van der Waals surface area contributed by atoms with E-state index in [0.29, 0.717) is 6.04 Å². The van der Waals surface area contributed by atoms with Crippen molar-refractivity contribution in [1.82, 2.24) is 15.2 Å². The molecule has 1 aliphatic heterocycles. The van der Waals surface area contributed by atoms with Gasteiger partial charge in [0.05, 0.1) is 6.10 Å². The number of aromatic amines is 1. The molecule has 3 N–H and O–H groups in total. The van der Waals surface area contributed by atoms with Gasteiger partial charge in [0.15, 0.2) is 0 Å². The van der Waals surface area contributed by atoms with Crippen molar-refractivity contribution in [3.8, 4) is 0 Å². The lowest BCUT2D eigenvalue weighted by Gasteiger charge is -2.41. The molecule has 0 bridgehead atoms. The molecule has 1 aromatic carbocycles. The molecule has 2 aromatic rings. The number of piperidine rings is 1. The molecule has 0 spiro atoms. The van der Waals surface area contributed by atoms with Crippen LogP contribution in [0.3, 0.4) is 0 Å². The van der Waals surface area contributed by atoms with Crippen molar-refractivity contribution in [1.29, 1.82) is 0 Å². The second-order valence-electron chi connectivity index (χ2n) is 7.45. The van der Waals surface area contributed by atoms with Gasteiger partial charge < -0.3 is 15.4 Å². The van der Waals surface area contributed by atoms with Crippen molar-refractivity contribution in [2.24, 2.45) is 0 Å². The number of likely N-dealkylation sites (tertiary alicyclic amines) is 1. The van der Waals surface area contributed by atoms with Crippen molar-refractivity contribution in [3.63, 3.8) is 0 Å². The SMILES string of the molecule is O=C(NC1CCN(C2CCCCC2O)CC1)c1cccc2[nH]ccc12. The predicted octanol–water partition coefficient (Wildman–Crippen LogP) is 2.67. The van der Waals surface area contributed by atoms with Crippen LogP contribution in [0.15, 0.2) is 30.5 Å². The van der Waals surface area contributed by atoms with Gasteiger partial charge in [-0.15, -0.1) is 0 Å². The van der Waals surface area contributed by atoms with Gasteiger partial charge in [0.2, 0.25) is 0 Å². The molecule has 1 aliphatic carbocycles. The van der Waals surface area contributed by atoms with Crippen LogP contribution in [0.5, 0.6) is 0 Å². The summed E-state index contributed by atoms with van der Waals surface area (Å²) in [6, 6.07) is 8.29. The predicted molar refractivity (Wildman–Crippen MR) is 98.6 cm³/mol. The summed E-state index contributed by atoms with van der Waals surface area (Å²) in [7, 11) is 0. The first-order valence-corrected chi connectivity index (χ1v) is 9.51. The third-order valence-corrected chi connectivity index (χ3v) is 5.87. The Morgan fingerprint density at radius 3 is 2.72 bits per heavy atom. The minimum atomic E-state index is -0.175. The molecule has 5 nitrogen and oxygen atoms in total. The number of carbonyl (C=O) groups is 1. The smallest absolute Gasteiger partial charge is 0.252 e. The highest BCUT2D eigenvalue weighted by Crippen LogP contribution is 2.26. The van der Waals surface area contributed by atoms with Crippen LogP contribution in [-0.4, -0.2) is 52.2 Å². The van der Waals surface area contributed by atoms with Gasteiger partial charge in [0.1, 0.15) is 0 Å². The van der Waals surface area contributed by atoms with E-state index in [4.69, 9.17) is 0 Å². The Hall–Kier alpha value is -1.85. The van der Waals surface area contributed by atoms with Crippen LogP contribution in [0.25, 0.3) is 10.9 Å². The Kier molecular flexibility index (Phi) is 4.77. The number of rotatable bonds is 3. The molecule has 1 amide bonds. The first kappa shape index (κ1) is 16.6. The van der Waals surface area contributed by atoms with E-state index < -0.39 is 0 Å². The Bertz CT molecular complexity index is 733. The standard InChI is InChI=1S/C20H27N3O2/c24-19-7-2-1-6-18(19)23-12-9-14(10-13-23)22-20(25)16-4-3-5-17-15(16)8-11-21-17/h3-5,8,11,14,18-19,21,24H,1-2,6-7,9-10,12-13H2,(H,22,25). The van der Waals surface area contributed by atoms with Crippen molar-refractivity contribution in [2.45, 2.75) is 56.7 Å². The highest BCUT2D eigenvalue weighted by molar-refractivity contribution is 6.06. The first-order valence-electron chi connectivity index (χ1n) is 9.51. The number of aromatic nitrogens is 1. The maximum Gasteiger partial charge on any atom is 0.252 e. The van der Waals surface area contributed by atoms with E-state index >= 15 is 0 Å². The molecule has 25 heavy (non-hydrogen) atoms. The maximum absolute atomic E-state index is 12.7. The quantitative estimate of drug-likeness (QED) is 0.804. The molecule has 2 aliphatic rings. The van der Waals surface area contributed by atoms with E-state index in [-0.39, 0.29) is 18.1 Å². The minimum Gasteiger partial charge on any atom is -0.391 e. The molecule has 2 fully saturated rings. The highest BCUT2D eigenvalue weighted by Gasteiger charge is 2.31. The molecule has 134 valence electrons. The minimum absolute atomic E-state index is 0.0151. The lowest BCUT2D eigenvalue weighted by Crippen LogP contribution is -2.52. The lowest BCUT2D eigenvalue weighted by molar-refractivity contribution is 0.00728. The van der Waals surface area contributed by atoms with Crippen LogP contribution < -0.4 is 5.32 Å². The van der Waals surface area contributed by atoms with Gasteiger partial charge in [-0.1, -0.05) is 18.9 Å². The van der Waals surface area contributed by atoms with Gasteiger partial charge in [-0.2, -0.15) is 0 Å². The van der Waals surface area contributed by atoms with Gasteiger partial charge >= 0.3 is 0 Å². The van der Waals surface area contributed by atoms with Gasteiger partial charge in [-0.25, -0.2) is 0 Å². The van der Waals surface area contributed by atoms with Gasteiger partial charge in [-0.3, -0.25) is 9.69 Å². The second kappa shape index (κ2) is 7.18. The number of H-pyrrole nitrogens is 1. The zero-order chi connectivity index (χ0) is 17.2. The Morgan fingerprint density at radius 1 is 1.12 bits per heavy atom.